The lowest BCUT2D eigenvalue weighted by Crippen LogP contribution is -2.44. The molecule has 3 rings (SSSR count). The van der Waals surface area contributed by atoms with E-state index in [0.29, 0.717) is 19.6 Å². The summed E-state index contributed by atoms with van der Waals surface area (Å²) in [6.07, 6.45) is -2.63. The van der Waals surface area contributed by atoms with Crippen LogP contribution in [-0.2, 0) is 17.5 Å². The minimum atomic E-state index is -4.33. The zero-order valence-electron chi connectivity index (χ0n) is 14.2. The van der Waals surface area contributed by atoms with Gasteiger partial charge in [0, 0.05) is 25.0 Å². The van der Waals surface area contributed by atoms with Crippen LogP contribution in [0.2, 0.25) is 0 Å². The van der Waals surface area contributed by atoms with Gasteiger partial charge in [-0.3, -0.25) is 9.69 Å². The van der Waals surface area contributed by atoms with Gasteiger partial charge in [0.05, 0.1) is 11.5 Å². The van der Waals surface area contributed by atoms with Gasteiger partial charge in [0.15, 0.2) is 0 Å². The van der Waals surface area contributed by atoms with Gasteiger partial charge in [-0.05, 0) is 50.7 Å². The molecule has 138 valence electrons. The van der Waals surface area contributed by atoms with Crippen LogP contribution in [-0.4, -0.2) is 54.1 Å². The summed E-state index contributed by atoms with van der Waals surface area (Å²) >= 11 is 0. The molecular weight excluding hydrogens is 333 g/mol. The van der Waals surface area contributed by atoms with Crippen molar-refractivity contribution in [1.29, 1.82) is 0 Å². The molecule has 0 saturated carbocycles. The van der Waals surface area contributed by atoms with Crippen LogP contribution in [0.15, 0.2) is 24.3 Å². The Labute approximate surface area is 145 Å². The number of piperidine rings is 1. The van der Waals surface area contributed by atoms with Crippen LogP contribution in [0.3, 0.4) is 0 Å². The Morgan fingerprint density at radius 1 is 1.24 bits per heavy atom. The first kappa shape index (κ1) is 18.2. The minimum absolute atomic E-state index is 0.218. The van der Waals surface area contributed by atoms with E-state index in [1.165, 1.54) is 12.1 Å². The standard InChI is InChI=1S/C18H23F3N2O2/c1-22-8-6-17(7-9-22)12-23(11-15(17)16(24)25)10-13-2-4-14(5-3-13)18(19,20)21/h2-5,15H,6-12H2,1H3,(H,24,25). The number of nitrogens with zero attached hydrogens (tertiary/aromatic N) is 2. The highest BCUT2D eigenvalue weighted by atomic mass is 19.4. The highest BCUT2D eigenvalue weighted by molar-refractivity contribution is 5.72. The zero-order valence-corrected chi connectivity index (χ0v) is 14.2. The topological polar surface area (TPSA) is 43.8 Å². The number of benzene rings is 1. The molecule has 0 aromatic heterocycles. The van der Waals surface area contributed by atoms with Crippen LogP contribution in [0.5, 0.6) is 0 Å². The second kappa shape index (κ2) is 6.61. The van der Waals surface area contributed by atoms with E-state index in [9.17, 15) is 23.1 Å². The van der Waals surface area contributed by atoms with E-state index in [-0.39, 0.29) is 5.41 Å². The van der Waals surface area contributed by atoms with Gasteiger partial charge in [0.1, 0.15) is 0 Å². The highest BCUT2D eigenvalue weighted by Gasteiger charge is 2.50. The second-order valence-electron chi connectivity index (χ2n) is 7.42. The van der Waals surface area contributed by atoms with Crippen molar-refractivity contribution in [2.24, 2.45) is 11.3 Å². The predicted molar refractivity (Wildman–Crippen MR) is 87.0 cm³/mol. The number of rotatable bonds is 3. The molecule has 4 nitrogen and oxygen atoms in total. The number of halogens is 3. The molecule has 2 fully saturated rings. The first-order chi connectivity index (χ1) is 11.7. The zero-order chi connectivity index (χ0) is 18.2. The van der Waals surface area contributed by atoms with E-state index in [2.05, 4.69) is 9.80 Å². The second-order valence-corrected chi connectivity index (χ2v) is 7.42. The van der Waals surface area contributed by atoms with Crippen LogP contribution in [0.4, 0.5) is 13.2 Å². The molecule has 0 bridgehead atoms. The van der Waals surface area contributed by atoms with Crippen molar-refractivity contribution in [3.05, 3.63) is 35.4 Å². The van der Waals surface area contributed by atoms with E-state index in [1.54, 1.807) is 0 Å². The fourth-order valence-electron chi connectivity index (χ4n) is 4.16. The van der Waals surface area contributed by atoms with Crippen LogP contribution >= 0.6 is 0 Å². The summed E-state index contributed by atoms with van der Waals surface area (Å²) in [5.74, 6) is -1.17. The van der Waals surface area contributed by atoms with Gasteiger partial charge in [-0.2, -0.15) is 13.2 Å². The Hall–Kier alpha value is -1.60. The number of carboxylic acids is 1. The predicted octanol–water partition coefficient (Wildman–Crippen LogP) is 2.93. The highest BCUT2D eigenvalue weighted by Crippen LogP contribution is 2.45. The average Bonchev–Trinajstić information content (AvgIpc) is 2.88. The smallest absolute Gasteiger partial charge is 0.416 e. The molecule has 1 aromatic carbocycles. The van der Waals surface area contributed by atoms with Crippen LogP contribution in [0.1, 0.15) is 24.0 Å². The molecule has 2 heterocycles. The van der Waals surface area contributed by atoms with E-state index in [0.717, 1.165) is 43.6 Å². The summed E-state index contributed by atoms with van der Waals surface area (Å²) in [4.78, 5) is 16.0. The number of alkyl halides is 3. The molecule has 2 saturated heterocycles. The summed E-state index contributed by atoms with van der Waals surface area (Å²) in [5.41, 5.74) is -0.0976. The number of aliphatic carboxylic acids is 1. The molecule has 25 heavy (non-hydrogen) atoms. The number of carbonyl (C=O) groups is 1. The van der Waals surface area contributed by atoms with Gasteiger partial charge in [-0.15, -0.1) is 0 Å². The third-order valence-corrected chi connectivity index (χ3v) is 5.69. The molecule has 2 aliphatic rings. The van der Waals surface area contributed by atoms with Crippen molar-refractivity contribution in [3.63, 3.8) is 0 Å². The van der Waals surface area contributed by atoms with E-state index < -0.39 is 23.6 Å². The lowest BCUT2D eigenvalue weighted by Gasteiger charge is -2.40. The van der Waals surface area contributed by atoms with Gasteiger partial charge in [-0.1, -0.05) is 12.1 Å². The third-order valence-electron chi connectivity index (χ3n) is 5.69. The minimum Gasteiger partial charge on any atom is -0.481 e. The maximum absolute atomic E-state index is 12.7. The van der Waals surface area contributed by atoms with Crippen molar-refractivity contribution in [1.82, 2.24) is 9.80 Å². The molecule has 0 radical (unpaired) electrons. The fourth-order valence-corrected chi connectivity index (χ4v) is 4.16. The van der Waals surface area contributed by atoms with Crippen molar-refractivity contribution in [2.75, 3.05) is 33.2 Å². The lowest BCUT2D eigenvalue weighted by atomic mass is 9.71. The number of hydrogen-bond acceptors (Lipinski definition) is 3. The Morgan fingerprint density at radius 3 is 2.36 bits per heavy atom. The molecule has 0 aliphatic carbocycles. The SMILES string of the molecule is CN1CCC2(CC1)CN(Cc1ccc(C(F)(F)F)cc1)CC2C(=O)O. The van der Waals surface area contributed by atoms with Crippen molar-refractivity contribution >= 4 is 5.97 Å². The number of carboxylic acid groups (broad SMARTS) is 1. The van der Waals surface area contributed by atoms with Crippen molar-refractivity contribution in [3.8, 4) is 0 Å². The maximum atomic E-state index is 12.7. The van der Waals surface area contributed by atoms with Gasteiger partial charge in [-0.25, -0.2) is 0 Å². The summed E-state index contributed by atoms with van der Waals surface area (Å²) in [6.45, 7) is 3.41. The summed E-state index contributed by atoms with van der Waals surface area (Å²) in [6, 6.07) is 5.15. The molecule has 1 N–H and O–H groups in total. The Kier molecular flexibility index (Phi) is 4.81. The van der Waals surface area contributed by atoms with Gasteiger partial charge in [0.2, 0.25) is 0 Å². The molecule has 1 atom stereocenters. The molecular formula is C18H23F3N2O2. The fraction of sp³-hybridized carbons (Fsp3) is 0.611. The quantitative estimate of drug-likeness (QED) is 0.904. The third kappa shape index (κ3) is 3.82. The van der Waals surface area contributed by atoms with Crippen LogP contribution in [0, 0.1) is 11.3 Å². The first-order valence-corrected chi connectivity index (χ1v) is 8.49. The first-order valence-electron chi connectivity index (χ1n) is 8.49. The Balaban J connectivity index is 1.71. The molecule has 1 spiro atoms. The lowest BCUT2D eigenvalue weighted by molar-refractivity contribution is -0.145. The van der Waals surface area contributed by atoms with Gasteiger partial charge >= 0.3 is 12.1 Å². The summed E-state index contributed by atoms with van der Waals surface area (Å²) in [7, 11) is 2.04. The summed E-state index contributed by atoms with van der Waals surface area (Å²) in [5, 5.41) is 9.64. The van der Waals surface area contributed by atoms with Gasteiger partial charge in [0.25, 0.3) is 0 Å². The van der Waals surface area contributed by atoms with E-state index in [4.69, 9.17) is 0 Å². The molecule has 2 aliphatic heterocycles. The van der Waals surface area contributed by atoms with Crippen molar-refractivity contribution in [2.45, 2.75) is 25.6 Å². The molecule has 1 aromatic rings. The van der Waals surface area contributed by atoms with Crippen LogP contribution < -0.4 is 0 Å². The average molecular weight is 356 g/mol. The molecule has 1 unspecified atom stereocenters. The molecule has 7 heteroatoms. The monoisotopic (exact) mass is 356 g/mol. The largest absolute Gasteiger partial charge is 0.481 e. The van der Waals surface area contributed by atoms with Crippen molar-refractivity contribution < 1.29 is 23.1 Å². The Bertz CT molecular complexity index is 622. The summed E-state index contributed by atoms with van der Waals surface area (Å²) < 4.78 is 38.0. The molecule has 0 amide bonds. The van der Waals surface area contributed by atoms with E-state index in [1.807, 2.05) is 7.05 Å². The number of hydrogen-bond donors (Lipinski definition) is 1. The normalized spacial score (nSPS) is 24.7. The Morgan fingerprint density at radius 2 is 1.84 bits per heavy atom. The van der Waals surface area contributed by atoms with Gasteiger partial charge < -0.3 is 10.0 Å². The van der Waals surface area contributed by atoms with E-state index >= 15 is 0 Å². The maximum Gasteiger partial charge on any atom is 0.416 e. The number of likely N-dealkylation sites (tertiary alicyclic amines) is 2. The van der Waals surface area contributed by atoms with Crippen LogP contribution in [0.25, 0.3) is 0 Å².